The third kappa shape index (κ3) is 1.36. The zero-order valence-electron chi connectivity index (χ0n) is 6.12. The van der Waals surface area contributed by atoms with Crippen LogP contribution in [-0.2, 0) is 0 Å². The maximum absolute atomic E-state index is 12.5. The minimum Gasteiger partial charge on any atom is -0.252 e. The number of thiophene rings is 1. The van der Waals surface area contributed by atoms with Gasteiger partial charge in [-0.3, -0.25) is 4.98 Å². The van der Waals surface area contributed by atoms with Gasteiger partial charge in [-0.25, -0.2) is 4.39 Å². The molecule has 2 rings (SSSR count). The van der Waals surface area contributed by atoms with Crippen LogP contribution in [0.15, 0.2) is 30.5 Å². The topological polar surface area (TPSA) is 12.9 Å². The van der Waals surface area contributed by atoms with Crippen molar-refractivity contribution < 1.29 is 4.39 Å². The molecule has 0 aliphatic heterocycles. The summed E-state index contributed by atoms with van der Waals surface area (Å²) < 4.78 is 12.5. The second kappa shape index (κ2) is 3.03. The lowest BCUT2D eigenvalue weighted by Crippen LogP contribution is -1.80. The summed E-state index contributed by atoms with van der Waals surface area (Å²) in [5.74, 6) is -0.306. The van der Waals surface area contributed by atoms with Gasteiger partial charge in [-0.1, -0.05) is 0 Å². The lowest BCUT2D eigenvalue weighted by atomic mass is 10.3. The molecule has 0 saturated heterocycles. The van der Waals surface area contributed by atoms with Gasteiger partial charge in [-0.15, -0.1) is 11.3 Å². The molecule has 0 unspecified atom stereocenters. The quantitative estimate of drug-likeness (QED) is 0.654. The van der Waals surface area contributed by atoms with Crippen LogP contribution < -0.4 is 0 Å². The van der Waals surface area contributed by atoms with E-state index in [9.17, 15) is 4.39 Å². The molecule has 2 aromatic heterocycles. The number of rotatable bonds is 1. The first kappa shape index (κ1) is 7.43. The number of aromatic nitrogens is 1. The molecule has 2 heterocycles. The summed E-state index contributed by atoms with van der Waals surface area (Å²) in [6.45, 7) is 0. The van der Waals surface area contributed by atoms with E-state index in [4.69, 9.17) is 0 Å². The summed E-state index contributed by atoms with van der Waals surface area (Å²) in [7, 11) is 0. The Hall–Kier alpha value is -1.22. The molecule has 59 valence electrons. The normalized spacial score (nSPS) is 10.1. The largest absolute Gasteiger partial charge is 0.252 e. The van der Waals surface area contributed by atoms with E-state index < -0.39 is 0 Å². The van der Waals surface area contributed by atoms with Crippen LogP contribution in [0, 0.1) is 11.2 Å². The van der Waals surface area contributed by atoms with Crippen LogP contribution in [0.4, 0.5) is 4.39 Å². The fraction of sp³-hybridized carbons (Fsp3) is 0. The summed E-state index contributed by atoms with van der Waals surface area (Å²) >= 11 is 1.47. The highest BCUT2D eigenvalue weighted by molar-refractivity contribution is 7.13. The summed E-state index contributed by atoms with van der Waals surface area (Å²) in [6, 6.07) is 6.80. The number of halogens is 1. The molecule has 0 aliphatic carbocycles. The standard InChI is InChI=1S/C9H5FNS/c10-7-3-4-8(11-6-7)9-2-1-5-12-9/h1-4,6H. The second-order valence-electron chi connectivity index (χ2n) is 2.28. The van der Waals surface area contributed by atoms with E-state index in [-0.39, 0.29) is 5.82 Å². The molecule has 2 aromatic rings. The van der Waals surface area contributed by atoms with Gasteiger partial charge in [0, 0.05) is 5.38 Å². The van der Waals surface area contributed by atoms with Gasteiger partial charge in [0.15, 0.2) is 0 Å². The fourth-order valence-electron chi connectivity index (χ4n) is 0.900. The molecule has 1 nitrogen and oxygen atoms in total. The third-order valence-electron chi connectivity index (χ3n) is 1.45. The summed E-state index contributed by atoms with van der Waals surface area (Å²) in [5, 5.41) is 2.95. The Morgan fingerprint density at radius 2 is 2.25 bits per heavy atom. The minimum absolute atomic E-state index is 0.306. The molecule has 0 N–H and O–H groups in total. The van der Waals surface area contributed by atoms with Crippen LogP contribution in [0.2, 0.25) is 0 Å². The van der Waals surface area contributed by atoms with Crippen LogP contribution in [0.5, 0.6) is 0 Å². The van der Waals surface area contributed by atoms with Gasteiger partial charge in [0.05, 0.1) is 16.8 Å². The van der Waals surface area contributed by atoms with E-state index in [1.165, 1.54) is 23.6 Å². The number of nitrogens with zero attached hydrogens (tertiary/aromatic N) is 1. The zero-order chi connectivity index (χ0) is 8.39. The summed E-state index contributed by atoms with van der Waals surface area (Å²) in [4.78, 5) is 4.95. The molecule has 0 saturated carbocycles. The Balaban J connectivity index is 2.43. The molecule has 1 radical (unpaired) electrons. The number of hydrogen-bond acceptors (Lipinski definition) is 2. The van der Waals surface area contributed by atoms with Crippen molar-refractivity contribution in [1.29, 1.82) is 0 Å². The maximum atomic E-state index is 12.5. The summed E-state index contributed by atoms with van der Waals surface area (Å²) in [6.07, 6.45) is 1.22. The van der Waals surface area contributed by atoms with Gasteiger partial charge in [0.25, 0.3) is 0 Å². The Bertz CT molecular complexity index is 353. The molecule has 0 amide bonds. The molecule has 12 heavy (non-hydrogen) atoms. The van der Waals surface area contributed by atoms with E-state index in [0.717, 1.165) is 10.6 Å². The number of pyridine rings is 1. The fourth-order valence-corrected chi connectivity index (χ4v) is 1.52. The van der Waals surface area contributed by atoms with Crippen molar-refractivity contribution in [3.63, 3.8) is 0 Å². The van der Waals surface area contributed by atoms with Gasteiger partial charge in [-0.2, -0.15) is 0 Å². The Kier molecular flexibility index (Phi) is 1.87. The van der Waals surface area contributed by atoms with Crippen LogP contribution in [0.25, 0.3) is 10.6 Å². The van der Waals surface area contributed by atoms with E-state index in [0.29, 0.717) is 0 Å². The van der Waals surface area contributed by atoms with E-state index in [1.807, 2.05) is 12.1 Å². The average molecular weight is 178 g/mol. The van der Waals surface area contributed by atoms with Crippen molar-refractivity contribution in [3.05, 3.63) is 41.7 Å². The minimum atomic E-state index is -0.306. The Labute approximate surface area is 73.5 Å². The lowest BCUT2D eigenvalue weighted by Gasteiger charge is -1.93. The third-order valence-corrected chi connectivity index (χ3v) is 2.27. The van der Waals surface area contributed by atoms with Gasteiger partial charge in [-0.05, 0) is 24.3 Å². The van der Waals surface area contributed by atoms with Crippen LogP contribution >= 0.6 is 11.3 Å². The first-order chi connectivity index (χ1) is 5.86. The highest BCUT2D eigenvalue weighted by Gasteiger charge is 1.98. The van der Waals surface area contributed by atoms with E-state index >= 15 is 0 Å². The first-order valence-electron chi connectivity index (χ1n) is 3.44. The van der Waals surface area contributed by atoms with Crippen LogP contribution in [0.1, 0.15) is 0 Å². The van der Waals surface area contributed by atoms with Crippen LogP contribution in [-0.4, -0.2) is 4.98 Å². The molecule has 3 heteroatoms. The SMILES string of the molecule is Fc1ccc(-c2cc[c]s2)nc1. The molecule has 0 aliphatic rings. The molecule has 0 fully saturated rings. The van der Waals surface area contributed by atoms with Gasteiger partial charge >= 0.3 is 0 Å². The molecule has 0 spiro atoms. The van der Waals surface area contributed by atoms with Crippen molar-refractivity contribution in [2.45, 2.75) is 0 Å². The van der Waals surface area contributed by atoms with Crippen molar-refractivity contribution in [1.82, 2.24) is 4.98 Å². The van der Waals surface area contributed by atoms with Gasteiger partial charge in [0.1, 0.15) is 5.82 Å². The van der Waals surface area contributed by atoms with Crippen LogP contribution in [0.3, 0.4) is 0 Å². The van der Waals surface area contributed by atoms with Crippen molar-refractivity contribution in [2.24, 2.45) is 0 Å². The number of hydrogen-bond donors (Lipinski definition) is 0. The zero-order valence-corrected chi connectivity index (χ0v) is 6.94. The highest BCUT2D eigenvalue weighted by atomic mass is 32.1. The molecular formula is C9H5FNS. The van der Waals surface area contributed by atoms with Crippen molar-refractivity contribution >= 4 is 11.3 Å². The molecule has 0 bridgehead atoms. The predicted octanol–water partition coefficient (Wildman–Crippen LogP) is 2.75. The van der Waals surface area contributed by atoms with Gasteiger partial charge in [0.2, 0.25) is 0 Å². The predicted molar refractivity (Wildman–Crippen MR) is 46.3 cm³/mol. The van der Waals surface area contributed by atoms with E-state index in [2.05, 4.69) is 10.4 Å². The van der Waals surface area contributed by atoms with E-state index in [1.54, 1.807) is 6.07 Å². The second-order valence-corrected chi connectivity index (χ2v) is 3.16. The first-order valence-corrected chi connectivity index (χ1v) is 4.26. The lowest BCUT2D eigenvalue weighted by molar-refractivity contribution is 0.622. The van der Waals surface area contributed by atoms with Gasteiger partial charge < -0.3 is 0 Å². The molecule has 0 aromatic carbocycles. The Morgan fingerprint density at radius 3 is 2.83 bits per heavy atom. The smallest absolute Gasteiger partial charge is 0.141 e. The average Bonchev–Trinajstić information content (AvgIpc) is 2.58. The summed E-state index contributed by atoms with van der Waals surface area (Å²) in [5.41, 5.74) is 0.794. The van der Waals surface area contributed by atoms with Crippen molar-refractivity contribution in [3.8, 4) is 10.6 Å². The molecule has 0 atom stereocenters. The highest BCUT2D eigenvalue weighted by Crippen LogP contribution is 2.21. The van der Waals surface area contributed by atoms with Crippen molar-refractivity contribution in [2.75, 3.05) is 0 Å². The molecular weight excluding hydrogens is 173 g/mol. The Morgan fingerprint density at radius 1 is 1.33 bits per heavy atom. The monoisotopic (exact) mass is 178 g/mol. The maximum Gasteiger partial charge on any atom is 0.141 e.